The first-order valence-corrected chi connectivity index (χ1v) is 8.41. The molecule has 0 bridgehead atoms. The molecule has 0 radical (unpaired) electrons. The van der Waals surface area contributed by atoms with E-state index in [2.05, 4.69) is 15.5 Å². The topological polar surface area (TPSA) is 73.3 Å². The minimum absolute atomic E-state index is 0.326. The number of hydrogen-bond donors (Lipinski definition) is 1. The number of amides is 1. The number of rotatable bonds is 6. The van der Waals surface area contributed by atoms with Gasteiger partial charge in [0.1, 0.15) is 22.1 Å². The predicted molar refractivity (Wildman–Crippen MR) is 96.7 cm³/mol. The van der Waals surface area contributed by atoms with Crippen molar-refractivity contribution in [3.05, 3.63) is 64.7 Å². The number of benzene rings is 2. The third-order valence-electron chi connectivity index (χ3n) is 3.54. The highest BCUT2D eigenvalue weighted by atomic mass is 32.1. The largest absolute Gasteiger partial charge is 0.496 e. The monoisotopic (exact) mass is 355 g/mol. The van der Waals surface area contributed by atoms with E-state index in [1.807, 2.05) is 30.3 Å². The van der Waals surface area contributed by atoms with Gasteiger partial charge in [0.15, 0.2) is 0 Å². The van der Waals surface area contributed by atoms with Gasteiger partial charge in [-0.25, -0.2) is 0 Å². The first-order valence-electron chi connectivity index (χ1n) is 7.60. The van der Waals surface area contributed by atoms with Gasteiger partial charge in [0.25, 0.3) is 5.91 Å². The van der Waals surface area contributed by atoms with Gasteiger partial charge in [-0.2, -0.15) is 0 Å². The molecular weight excluding hydrogens is 338 g/mol. The predicted octanol–water partition coefficient (Wildman–Crippen LogP) is 3.40. The van der Waals surface area contributed by atoms with Crippen molar-refractivity contribution in [1.29, 1.82) is 0 Å². The maximum atomic E-state index is 12.6. The van der Waals surface area contributed by atoms with Gasteiger partial charge in [0, 0.05) is 6.42 Å². The Bertz CT molecular complexity index is 843. The SMILES string of the molecule is COc1cccc(OC)c1C(=O)Nc1nnc(Cc2ccccc2)s1. The van der Waals surface area contributed by atoms with E-state index in [-0.39, 0.29) is 5.91 Å². The van der Waals surface area contributed by atoms with E-state index in [9.17, 15) is 4.79 Å². The van der Waals surface area contributed by atoms with E-state index < -0.39 is 0 Å². The van der Waals surface area contributed by atoms with Crippen LogP contribution in [-0.4, -0.2) is 30.3 Å². The fourth-order valence-electron chi connectivity index (χ4n) is 2.38. The Morgan fingerprint density at radius 1 is 1.00 bits per heavy atom. The molecule has 6 nitrogen and oxygen atoms in total. The first kappa shape index (κ1) is 16.9. The second kappa shape index (κ2) is 7.76. The summed E-state index contributed by atoms with van der Waals surface area (Å²) in [5.74, 6) is 0.522. The highest BCUT2D eigenvalue weighted by molar-refractivity contribution is 7.15. The minimum atomic E-state index is -0.350. The van der Waals surface area contributed by atoms with E-state index in [4.69, 9.17) is 9.47 Å². The highest BCUT2D eigenvalue weighted by Crippen LogP contribution is 2.29. The number of carbonyl (C=O) groups is 1. The second-order valence-electron chi connectivity index (χ2n) is 5.15. The Morgan fingerprint density at radius 2 is 1.68 bits per heavy atom. The van der Waals surface area contributed by atoms with Crippen molar-refractivity contribution in [2.75, 3.05) is 19.5 Å². The molecule has 0 aliphatic heterocycles. The number of nitrogens with one attached hydrogen (secondary N) is 1. The Labute approximate surface area is 149 Å². The van der Waals surface area contributed by atoms with Crippen molar-refractivity contribution >= 4 is 22.4 Å². The van der Waals surface area contributed by atoms with Gasteiger partial charge in [-0.1, -0.05) is 47.7 Å². The number of nitrogens with zero attached hydrogens (tertiary/aromatic N) is 2. The maximum Gasteiger partial charge on any atom is 0.265 e. The molecule has 3 aromatic rings. The molecule has 0 aliphatic rings. The molecule has 0 fully saturated rings. The van der Waals surface area contributed by atoms with Gasteiger partial charge < -0.3 is 9.47 Å². The standard InChI is InChI=1S/C18H17N3O3S/c1-23-13-9-6-10-14(24-2)16(13)17(22)19-18-21-20-15(25-18)11-12-7-4-3-5-8-12/h3-10H,11H2,1-2H3,(H,19,21,22). The Balaban J connectivity index is 1.76. The van der Waals surface area contributed by atoms with Gasteiger partial charge in [-0.05, 0) is 17.7 Å². The number of aromatic nitrogens is 2. The lowest BCUT2D eigenvalue weighted by molar-refractivity contribution is 0.102. The molecule has 0 aliphatic carbocycles. The van der Waals surface area contributed by atoms with Gasteiger partial charge in [0.05, 0.1) is 14.2 Å². The van der Waals surface area contributed by atoms with Crippen molar-refractivity contribution < 1.29 is 14.3 Å². The molecule has 1 aromatic heterocycles. The van der Waals surface area contributed by atoms with E-state index in [0.29, 0.717) is 28.6 Å². The van der Waals surface area contributed by atoms with E-state index in [1.165, 1.54) is 25.6 Å². The van der Waals surface area contributed by atoms with Gasteiger partial charge in [-0.3, -0.25) is 10.1 Å². The van der Waals surface area contributed by atoms with Crippen LogP contribution in [0, 0.1) is 0 Å². The number of hydrogen-bond acceptors (Lipinski definition) is 6. The quantitative estimate of drug-likeness (QED) is 0.734. The van der Waals surface area contributed by atoms with Gasteiger partial charge in [0.2, 0.25) is 5.13 Å². The molecule has 1 amide bonds. The van der Waals surface area contributed by atoms with Crippen LogP contribution in [0.3, 0.4) is 0 Å². The van der Waals surface area contributed by atoms with Crippen molar-refractivity contribution in [2.45, 2.75) is 6.42 Å². The average Bonchev–Trinajstić information content (AvgIpc) is 3.08. The van der Waals surface area contributed by atoms with Crippen molar-refractivity contribution in [1.82, 2.24) is 10.2 Å². The lowest BCUT2D eigenvalue weighted by atomic mass is 10.1. The maximum absolute atomic E-state index is 12.6. The summed E-state index contributed by atoms with van der Waals surface area (Å²) in [6.45, 7) is 0. The molecule has 25 heavy (non-hydrogen) atoms. The van der Waals surface area contributed by atoms with E-state index >= 15 is 0 Å². The number of anilines is 1. The molecule has 7 heteroatoms. The number of methoxy groups -OCH3 is 2. The van der Waals surface area contributed by atoms with Crippen LogP contribution in [0.5, 0.6) is 11.5 Å². The Morgan fingerprint density at radius 3 is 2.32 bits per heavy atom. The molecule has 128 valence electrons. The summed E-state index contributed by atoms with van der Waals surface area (Å²) in [5, 5.41) is 12.2. The molecule has 0 atom stereocenters. The van der Waals surface area contributed by atoms with Crippen LogP contribution in [0.2, 0.25) is 0 Å². The summed E-state index contributed by atoms with van der Waals surface area (Å²) in [6.07, 6.45) is 0.673. The Hall–Kier alpha value is -2.93. The molecule has 0 saturated carbocycles. The zero-order valence-corrected chi connectivity index (χ0v) is 14.7. The Kier molecular flexibility index (Phi) is 5.25. The van der Waals surface area contributed by atoms with E-state index in [0.717, 1.165) is 10.6 Å². The van der Waals surface area contributed by atoms with E-state index in [1.54, 1.807) is 18.2 Å². The lowest BCUT2D eigenvalue weighted by Crippen LogP contribution is -2.14. The molecular formula is C18H17N3O3S. The van der Waals surface area contributed by atoms with Crippen molar-refractivity contribution in [3.8, 4) is 11.5 Å². The van der Waals surface area contributed by atoms with Crippen LogP contribution in [0.1, 0.15) is 20.9 Å². The summed E-state index contributed by atoms with van der Waals surface area (Å²) in [5.41, 5.74) is 1.47. The summed E-state index contributed by atoms with van der Waals surface area (Å²) < 4.78 is 10.5. The average molecular weight is 355 g/mol. The first-order chi connectivity index (χ1) is 12.2. The summed E-state index contributed by atoms with van der Waals surface area (Å²) in [6, 6.07) is 15.2. The summed E-state index contributed by atoms with van der Waals surface area (Å²) in [7, 11) is 3.02. The van der Waals surface area contributed by atoms with Crippen molar-refractivity contribution in [3.63, 3.8) is 0 Å². The summed E-state index contributed by atoms with van der Waals surface area (Å²) >= 11 is 1.34. The molecule has 3 rings (SSSR count). The molecule has 0 spiro atoms. The zero-order chi connectivity index (χ0) is 17.6. The lowest BCUT2D eigenvalue weighted by Gasteiger charge is -2.11. The number of carbonyl (C=O) groups excluding carboxylic acids is 1. The van der Waals surface area contributed by atoms with Gasteiger partial charge >= 0.3 is 0 Å². The van der Waals surface area contributed by atoms with Crippen LogP contribution < -0.4 is 14.8 Å². The van der Waals surface area contributed by atoms with Crippen LogP contribution in [0.15, 0.2) is 48.5 Å². The second-order valence-corrected chi connectivity index (χ2v) is 6.22. The molecule has 0 unspecified atom stereocenters. The van der Waals surface area contributed by atoms with Crippen LogP contribution in [0.25, 0.3) is 0 Å². The fourth-order valence-corrected chi connectivity index (χ4v) is 3.15. The van der Waals surface area contributed by atoms with Crippen LogP contribution in [0.4, 0.5) is 5.13 Å². The minimum Gasteiger partial charge on any atom is -0.496 e. The van der Waals surface area contributed by atoms with Crippen molar-refractivity contribution in [2.24, 2.45) is 0 Å². The van der Waals surface area contributed by atoms with Crippen LogP contribution in [-0.2, 0) is 6.42 Å². The third kappa shape index (κ3) is 3.95. The summed E-state index contributed by atoms with van der Waals surface area (Å²) in [4.78, 5) is 12.6. The molecule has 1 N–H and O–H groups in total. The van der Waals surface area contributed by atoms with Crippen LogP contribution >= 0.6 is 11.3 Å². The molecule has 1 heterocycles. The smallest absolute Gasteiger partial charge is 0.265 e. The van der Waals surface area contributed by atoms with Gasteiger partial charge in [-0.15, -0.1) is 10.2 Å². The zero-order valence-electron chi connectivity index (χ0n) is 13.9. The fraction of sp³-hybridized carbons (Fsp3) is 0.167. The normalized spacial score (nSPS) is 10.3. The third-order valence-corrected chi connectivity index (χ3v) is 4.38. The molecule has 2 aromatic carbocycles. The molecule has 0 saturated heterocycles. The highest BCUT2D eigenvalue weighted by Gasteiger charge is 2.19. The number of ether oxygens (including phenoxy) is 2.